The summed E-state index contributed by atoms with van der Waals surface area (Å²) in [6.45, 7) is 3.61. The molecular weight excluding hydrogens is 432 g/mol. The molecule has 9 nitrogen and oxygen atoms in total. The van der Waals surface area contributed by atoms with Crippen LogP contribution in [0.1, 0.15) is 31.4 Å². The predicted octanol–water partition coefficient (Wildman–Crippen LogP) is 3.81. The van der Waals surface area contributed by atoms with Gasteiger partial charge in [-0.3, -0.25) is 9.97 Å². The first-order valence-corrected chi connectivity index (χ1v) is 10.1. The smallest absolute Gasteiger partial charge is 0.410 e. The second kappa shape index (κ2) is 9.47. The molecular formula is C22H19F2N7O2. The minimum absolute atomic E-state index is 0.118. The number of hydrogen-bond acceptors (Lipinski definition) is 7. The van der Waals surface area contributed by atoms with Gasteiger partial charge in [0.1, 0.15) is 17.4 Å². The van der Waals surface area contributed by atoms with Crippen molar-refractivity contribution in [2.24, 2.45) is 0 Å². The summed E-state index contributed by atoms with van der Waals surface area (Å²) in [5.41, 5.74) is 1.48. The average molecular weight is 451 g/mol. The third kappa shape index (κ3) is 4.97. The van der Waals surface area contributed by atoms with E-state index in [1.54, 1.807) is 19.1 Å². The molecule has 11 heteroatoms. The zero-order valence-electron chi connectivity index (χ0n) is 17.7. The van der Waals surface area contributed by atoms with Gasteiger partial charge in [0.15, 0.2) is 5.82 Å². The Bertz CT molecular complexity index is 1280. The first kappa shape index (κ1) is 21.9. The summed E-state index contributed by atoms with van der Waals surface area (Å²) >= 11 is 0. The number of amides is 1. The largest absolute Gasteiger partial charge is 0.413 e. The summed E-state index contributed by atoms with van der Waals surface area (Å²) < 4.78 is 34.8. The molecule has 0 saturated heterocycles. The van der Waals surface area contributed by atoms with Crippen LogP contribution < -0.4 is 10.1 Å². The molecule has 4 aromatic rings. The van der Waals surface area contributed by atoms with Crippen LogP contribution >= 0.6 is 0 Å². The number of nitrogens with zero attached hydrogens (tertiary/aromatic N) is 6. The third-order valence-corrected chi connectivity index (χ3v) is 4.80. The quantitative estimate of drug-likeness (QED) is 0.475. The fourth-order valence-corrected chi connectivity index (χ4v) is 3.19. The predicted molar refractivity (Wildman–Crippen MR) is 113 cm³/mol. The zero-order chi connectivity index (χ0) is 23.4. The lowest BCUT2D eigenvalue weighted by Gasteiger charge is -2.15. The Morgan fingerprint density at radius 2 is 2.03 bits per heavy atom. The van der Waals surface area contributed by atoms with E-state index < -0.39 is 23.8 Å². The number of carbonyl (C=O) groups is 1. The molecule has 2 aromatic carbocycles. The number of nitrogens with one attached hydrogen (secondary N) is 1. The Balaban J connectivity index is 1.68. The maximum absolute atomic E-state index is 14.5. The molecule has 0 saturated carbocycles. The Hall–Kier alpha value is -4.28. The molecule has 0 spiro atoms. The van der Waals surface area contributed by atoms with E-state index >= 15 is 0 Å². The van der Waals surface area contributed by atoms with Crippen molar-refractivity contribution < 1.29 is 18.3 Å². The Kier molecular flexibility index (Phi) is 6.29. The number of hydrogen-bond donors (Lipinski definition) is 1. The van der Waals surface area contributed by atoms with E-state index in [1.807, 2.05) is 6.92 Å². The van der Waals surface area contributed by atoms with Crippen molar-refractivity contribution in [2.45, 2.75) is 26.3 Å². The Morgan fingerprint density at radius 3 is 2.76 bits per heavy atom. The number of aryl methyl sites for hydroxylation is 1. The van der Waals surface area contributed by atoms with E-state index in [9.17, 15) is 13.6 Å². The molecule has 4 rings (SSSR count). The van der Waals surface area contributed by atoms with E-state index in [0.717, 1.165) is 12.1 Å². The molecule has 0 aliphatic heterocycles. The maximum atomic E-state index is 14.5. The topological polar surface area (TPSA) is 108 Å². The van der Waals surface area contributed by atoms with Gasteiger partial charge in [0.2, 0.25) is 0 Å². The van der Waals surface area contributed by atoms with Crippen LogP contribution in [0.25, 0.3) is 16.8 Å². The summed E-state index contributed by atoms with van der Waals surface area (Å²) in [6.07, 6.45) is 4.37. The van der Waals surface area contributed by atoms with Crippen LogP contribution in [0.15, 0.2) is 55.0 Å². The summed E-state index contributed by atoms with van der Waals surface area (Å²) in [5, 5.41) is 14.3. The number of halogens is 2. The number of tetrazole rings is 1. The lowest BCUT2D eigenvalue weighted by Crippen LogP contribution is -2.30. The van der Waals surface area contributed by atoms with Gasteiger partial charge in [-0.05, 0) is 47.2 Å². The van der Waals surface area contributed by atoms with Crippen LogP contribution in [0.5, 0.6) is 5.75 Å². The van der Waals surface area contributed by atoms with Crippen LogP contribution in [0.3, 0.4) is 0 Å². The van der Waals surface area contributed by atoms with E-state index in [0.29, 0.717) is 29.2 Å². The number of aromatic nitrogens is 6. The van der Waals surface area contributed by atoms with E-state index in [4.69, 9.17) is 4.74 Å². The molecule has 33 heavy (non-hydrogen) atoms. The summed E-state index contributed by atoms with van der Waals surface area (Å²) in [6, 6.07) is 7.43. The Labute approximate surface area is 187 Å². The van der Waals surface area contributed by atoms with E-state index in [-0.39, 0.29) is 11.3 Å². The van der Waals surface area contributed by atoms with Gasteiger partial charge in [-0.2, -0.15) is 4.68 Å². The molecule has 0 aliphatic rings. The van der Waals surface area contributed by atoms with Crippen LogP contribution in [0.2, 0.25) is 0 Å². The highest BCUT2D eigenvalue weighted by Crippen LogP contribution is 2.30. The van der Waals surface area contributed by atoms with Gasteiger partial charge in [0.05, 0.1) is 23.6 Å². The van der Waals surface area contributed by atoms with Gasteiger partial charge in [0.25, 0.3) is 0 Å². The minimum Gasteiger partial charge on any atom is -0.410 e. The second-order valence-corrected chi connectivity index (χ2v) is 7.09. The molecule has 0 aliphatic carbocycles. The van der Waals surface area contributed by atoms with Gasteiger partial charge in [0, 0.05) is 36.5 Å². The normalized spacial score (nSPS) is 11.8. The zero-order valence-corrected chi connectivity index (χ0v) is 17.7. The van der Waals surface area contributed by atoms with Gasteiger partial charge in [-0.1, -0.05) is 6.92 Å². The highest BCUT2D eigenvalue weighted by Gasteiger charge is 2.17. The molecule has 0 fully saturated rings. The average Bonchev–Trinajstić information content (AvgIpc) is 3.28. The standard InChI is InChI=1S/C22H19F2N7O2/c1-3-21-28-29-30-31(21)16-8-14(18-5-4-15(23)10-19(18)24)9-17(11-16)33-22(32)27-13(2)20-12-25-6-7-26-20/h4-13H,3H2,1-2H3,(H,27,32). The molecule has 0 bridgehead atoms. The SMILES string of the molecule is CCc1nnnn1-c1cc(OC(=O)NC(C)c2cnccn2)cc(-c2ccc(F)cc2F)c1. The van der Waals surface area contributed by atoms with Crippen molar-refractivity contribution in [1.82, 2.24) is 35.5 Å². The molecule has 1 amide bonds. The van der Waals surface area contributed by atoms with Crippen LogP contribution in [0.4, 0.5) is 13.6 Å². The van der Waals surface area contributed by atoms with Crippen LogP contribution in [-0.4, -0.2) is 36.3 Å². The maximum Gasteiger partial charge on any atom is 0.413 e. The van der Waals surface area contributed by atoms with Gasteiger partial charge in [-0.25, -0.2) is 13.6 Å². The van der Waals surface area contributed by atoms with Crippen molar-refractivity contribution >= 4 is 6.09 Å². The highest BCUT2D eigenvalue weighted by molar-refractivity contribution is 5.74. The number of ether oxygens (including phenoxy) is 1. The van der Waals surface area contributed by atoms with Crippen molar-refractivity contribution in [2.75, 3.05) is 0 Å². The molecule has 0 radical (unpaired) electrons. The number of benzene rings is 2. The fraction of sp³-hybridized carbons (Fsp3) is 0.182. The first-order valence-electron chi connectivity index (χ1n) is 10.1. The monoisotopic (exact) mass is 451 g/mol. The van der Waals surface area contributed by atoms with Crippen LogP contribution in [-0.2, 0) is 6.42 Å². The van der Waals surface area contributed by atoms with Crippen molar-refractivity contribution in [1.29, 1.82) is 0 Å². The van der Waals surface area contributed by atoms with Crippen molar-refractivity contribution in [3.8, 4) is 22.6 Å². The van der Waals surface area contributed by atoms with Crippen LogP contribution in [0, 0.1) is 11.6 Å². The molecule has 168 valence electrons. The summed E-state index contributed by atoms with van der Waals surface area (Å²) in [4.78, 5) is 20.6. The van der Waals surface area contributed by atoms with Gasteiger partial charge in [-0.15, -0.1) is 5.10 Å². The Morgan fingerprint density at radius 1 is 1.18 bits per heavy atom. The number of carbonyl (C=O) groups excluding carboxylic acids is 1. The molecule has 1 N–H and O–H groups in total. The van der Waals surface area contributed by atoms with Gasteiger partial charge >= 0.3 is 6.09 Å². The number of rotatable bonds is 6. The molecule has 1 unspecified atom stereocenters. The van der Waals surface area contributed by atoms with E-state index in [2.05, 4.69) is 30.8 Å². The highest BCUT2D eigenvalue weighted by atomic mass is 19.1. The molecule has 2 heterocycles. The molecule has 2 aromatic heterocycles. The third-order valence-electron chi connectivity index (χ3n) is 4.80. The van der Waals surface area contributed by atoms with Crippen molar-refractivity contribution in [3.63, 3.8) is 0 Å². The lowest BCUT2D eigenvalue weighted by molar-refractivity contribution is 0.196. The summed E-state index contributed by atoms with van der Waals surface area (Å²) in [7, 11) is 0. The van der Waals surface area contributed by atoms with Crippen molar-refractivity contribution in [3.05, 3.63) is 78.1 Å². The fourth-order valence-electron chi connectivity index (χ4n) is 3.19. The van der Waals surface area contributed by atoms with E-state index in [1.165, 1.54) is 35.4 Å². The minimum atomic E-state index is -0.758. The summed E-state index contributed by atoms with van der Waals surface area (Å²) in [5.74, 6) is -0.785. The lowest BCUT2D eigenvalue weighted by atomic mass is 10.0. The van der Waals surface area contributed by atoms with Gasteiger partial charge < -0.3 is 10.1 Å². The molecule has 1 atom stereocenters. The first-order chi connectivity index (χ1) is 15.9. The second-order valence-electron chi connectivity index (χ2n) is 7.09.